The third kappa shape index (κ3) is 4.49. The van der Waals surface area contributed by atoms with Gasteiger partial charge in [0.05, 0.1) is 51.9 Å². The van der Waals surface area contributed by atoms with Crippen molar-refractivity contribution in [3.63, 3.8) is 0 Å². The highest BCUT2D eigenvalue weighted by Crippen LogP contribution is 2.19. The van der Waals surface area contributed by atoms with Crippen LogP contribution in [-0.4, -0.2) is 56.9 Å². The minimum atomic E-state index is -0.508. The minimum absolute atomic E-state index is 0.0313. The zero-order valence-corrected chi connectivity index (χ0v) is 17.1. The number of nitrogens with one attached hydrogen (secondary N) is 2. The molecule has 3 aromatic rings. The number of oxazole rings is 1. The van der Waals surface area contributed by atoms with E-state index in [0.29, 0.717) is 17.6 Å². The van der Waals surface area contributed by atoms with Crippen molar-refractivity contribution in [2.75, 3.05) is 51.3 Å². The first-order valence-electron chi connectivity index (χ1n) is 10.2. The molecule has 0 unspecified atom stereocenters. The number of aromatic nitrogens is 1. The van der Waals surface area contributed by atoms with E-state index in [-0.39, 0.29) is 12.5 Å². The molecule has 8 heteroatoms. The highest BCUT2D eigenvalue weighted by Gasteiger charge is 2.20. The summed E-state index contributed by atoms with van der Waals surface area (Å²) in [4.78, 5) is 28.1. The summed E-state index contributed by atoms with van der Waals surface area (Å²) < 4.78 is 11.8. The Labute approximate surface area is 174 Å². The first kappa shape index (κ1) is 20.0. The number of ether oxygens (including phenoxy) is 1. The normalized spacial score (nSPS) is 14.8. The van der Waals surface area contributed by atoms with E-state index in [1.807, 2.05) is 18.2 Å². The average Bonchev–Trinajstić information content (AvgIpc) is 3.09. The molecule has 0 bridgehead atoms. The number of carbonyl (C=O) groups excluding carboxylic acids is 1. The van der Waals surface area contributed by atoms with Crippen LogP contribution in [0.4, 0.5) is 5.69 Å². The predicted molar refractivity (Wildman–Crippen MR) is 114 cm³/mol. The Balaban J connectivity index is 1.22. The highest BCUT2D eigenvalue weighted by atomic mass is 16.5. The number of rotatable bonds is 7. The summed E-state index contributed by atoms with van der Waals surface area (Å²) >= 11 is 0. The van der Waals surface area contributed by atoms with Crippen molar-refractivity contribution in [3.8, 4) is 5.75 Å². The number of anilines is 1. The monoisotopic (exact) mass is 411 g/mol. The van der Waals surface area contributed by atoms with Crippen LogP contribution < -0.4 is 25.6 Å². The van der Waals surface area contributed by atoms with Gasteiger partial charge < -0.3 is 24.3 Å². The molecule has 1 amide bonds. The molecule has 158 valence electrons. The van der Waals surface area contributed by atoms with Gasteiger partial charge in [0.1, 0.15) is 12.3 Å². The van der Waals surface area contributed by atoms with Crippen LogP contribution in [0.25, 0.3) is 11.1 Å². The maximum absolute atomic E-state index is 12.3. The quantitative estimate of drug-likeness (QED) is 0.578. The summed E-state index contributed by atoms with van der Waals surface area (Å²) in [6.45, 7) is 5.42. The number of methoxy groups -OCH3 is 1. The lowest BCUT2D eigenvalue weighted by Gasteiger charge is -2.33. The summed E-state index contributed by atoms with van der Waals surface area (Å²) in [6.07, 6.45) is 0. The van der Waals surface area contributed by atoms with Gasteiger partial charge in [-0.05, 0) is 36.4 Å². The lowest BCUT2D eigenvalue weighted by atomic mass is 10.2. The molecule has 0 radical (unpaired) electrons. The second-order valence-corrected chi connectivity index (χ2v) is 7.46. The topological polar surface area (TPSA) is 81.1 Å². The van der Waals surface area contributed by atoms with Crippen molar-refractivity contribution in [2.24, 2.45) is 0 Å². The first-order chi connectivity index (χ1) is 14.6. The maximum atomic E-state index is 12.3. The van der Waals surface area contributed by atoms with Gasteiger partial charge in [-0.25, -0.2) is 4.79 Å². The molecule has 0 spiro atoms. The molecular formula is C22H27N4O4+. The van der Waals surface area contributed by atoms with Crippen LogP contribution in [0, 0.1) is 0 Å². The van der Waals surface area contributed by atoms with E-state index in [4.69, 9.17) is 9.15 Å². The smallest absolute Gasteiger partial charge is 0.420 e. The minimum Gasteiger partial charge on any atom is -0.497 e. The van der Waals surface area contributed by atoms with Crippen LogP contribution in [0.15, 0.2) is 57.7 Å². The Kier molecular flexibility index (Phi) is 6.04. The number of para-hydroxylation sites is 2. The molecule has 1 saturated heterocycles. The van der Waals surface area contributed by atoms with Gasteiger partial charge >= 0.3 is 5.76 Å². The zero-order chi connectivity index (χ0) is 20.9. The van der Waals surface area contributed by atoms with Crippen LogP contribution in [0.5, 0.6) is 5.75 Å². The summed E-state index contributed by atoms with van der Waals surface area (Å²) in [5, 5.41) is 2.93. The Morgan fingerprint density at radius 3 is 2.60 bits per heavy atom. The highest BCUT2D eigenvalue weighted by molar-refractivity contribution is 5.79. The van der Waals surface area contributed by atoms with Gasteiger partial charge in [-0.1, -0.05) is 12.1 Å². The van der Waals surface area contributed by atoms with Crippen LogP contribution in [0.2, 0.25) is 0 Å². The molecule has 2 N–H and O–H groups in total. The fourth-order valence-corrected chi connectivity index (χ4v) is 3.87. The van der Waals surface area contributed by atoms with E-state index in [2.05, 4.69) is 22.3 Å². The number of quaternary nitrogens is 1. The van der Waals surface area contributed by atoms with Gasteiger partial charge in [0.15, 0.2) is 5.58 Å². The van der Waals surface area contributed by atoms with E-state index in [0.717, 1.165) is 38.5 Å². The molecule has 30 heavy (non-hydrogen) atoms. The van der Waals surface area contributed by atoms with Gasteiger partial charge in [0.25, 0.3) is 0 Å². The van der Waals surface area contributed by atoms with Crippen LogP contribution in [0.3, 0.4) is 0 Å². The SMILES string of the molecule is COc1ccc(N2CC[NH+](CCNC(=O)Cn3c(=O)oc4ccccc43)CC2)cc1. The van der Waals surface area contributed by atoms with Crippen molar-refractivity contribution in [1.29, 1.82) is 0 Å². The van der Waals surface area contributed by atoms with Crippen LogP contribution in [-0.2, 0) is 11.3 Å². The molecule has 0 aliphatic carbocycles. The molecule has 2 heterocycles. The molecule has 4 rings (SSSR count). The lowest BCUT2D eigenvalue weighted by molar-refractivity contribution is -0.899. The molecule has 1 aromatic heterocycles. The number of carbonyl (C=O) groups is 1. The Morgan fingerprint density at radius 2 is 1.87 bits per heavy atom. The fourth-order valence-electron chi connectivity index (χ4n) is 3.87. The molecule has 2 aromatic carbocycles. The summed E-state index contributed by atoms with van der Waals surface area (Å²) in [7, 11) is 1.67. The number of nitrogens with zero attached hydrogens (tertiary/aromatic N) is 2. The van der Waals surface area contributed by atoms with Crippen molar-refractivity contribution in [3.05, 3.63) is 59.1 Å². The average molecular weight is 411 g/mol. The summed E-state index contributed by atoms with van der Waals surface area (Å²) in [5.74, 6) is 0.177. The van der Waals surface area contributed by atoms with Crippen molar-refractivity contribution >= 4 is 22.7 Å². The lowest BCUT2D eigenvalue weighted by Crippen LogP contribution is -3.15. The molecule has 0 atom stereocenters. The number of hydrogen-bond acceptors (Lipinski definition) is 5. The number of amides is 1. The molecule has 8 nitrogen and oxygen atoms in total. The van der Waals surface area contributed by atoms with Gasteiger partial charge in [-0.3, -0.25) is 9.36 Å². The van der Waals surface area contributed by atoms with Gasteiger partial charge in [-0.15, -0.1) is 0 Å². The Morgan fingerprint density at radius 1 is 1.13 bits per heavy atom. The van der Waals surface area contributed by atoms with E-state index < -0.39 is 5.76 Å². The third-order valence-electron chi connectivity index (χ3n) is 5.58. The predicted octanol–water partition coefficient (Wildman–Crippen LogP) is 0.124. The number of fused-ring (bicyclic) bond motifs is 1. The number of piperazine rings is 1. The standard InChI is InChI=1S/C22H26N4O4/c1-29-18-8-6-17(7-9-18)25-14-12-24(13-15-25)11-10-23-21(27)16-26-19-4-2-3-5-20(19)30-22(26)28/h2-9H,10-16H2,1H3,(H,23,27)/p+1. The van der Waals surface area contributed by atoms with Gasteiger partial charge in [0.2, 0.25) is 5.91 Å². The van der Waals surface area contributed by atoms with Crippen LogP contribution >= 0.6 is 0 Å². The Bertz CT molecular complexity index is 1050. The van der Waals surface area contributed by atoms with Crippen molar-refractivity contribution < 1.29 is 18.8 Å². The Hall–Kier alpha value is -3.26. The van der Waals surface area contributed by atoms with E-state index >= 15 is 0 Å². The first-order valence-corrected chi connectivity index (χ1v) is 10.2. The summed E-state index contributed by atoms with van der Waals surface area (Å²) in [6, 6.07) is 15.3. The second kappa shape index (κ2) is 9.04. The largest absolute Gasteiger partial charge is 0.497 e. The van der Waals surface area contributed by atoms with Crippen LogP contribution in [0.1, 0.15) is 0 Å². The number of hydrogen-bond donors (Lipinski definition) is 2. The molecule has 1 aliphatic rings. The van der Waals surface area contributed by atoms with Gasteiger partial charge in [-0.2, -0.15) is 0 Å². The fraction of sp³-hybridized carbons (Fsp3) is 0.364. The number of benzene rings is 2. The van der Waals surface area contributed by atoms with Gasteiger partial charge in [0, 0.05) is 5.69 Å². The summed E-state index contributed by atoms with van der Waals surface area (Å²) in [5.41, 5.74) is 2.34. The van der Waals surface area contributed by atoms with E-state index in [9.17, 15) is 9.59 Å². The van der Waals surface area contributed by atoms with Crippen molar-refractivity contribution in [2.45, 2.75) is 6.54 Å². The maximum Gasteiger partial charge on any atom is 0.420 e. The molecule has 1 aliphatic heterocycles. The molecule has 0 saturated carbocycles. The molecular weight excluding hydrogens is 384 g/mol. The third-order valence-corrected chi connectivity index (χ3v) is 5.58. The van der Waals surface area contributed by atoms with E-state index in [1.54, 1.807) is 25.3 Å². The second-order valence-electron chi connectivity index (χ2n) is 7.46. The zero-order valence-electron chi connectivity index (χ0n) is 17.1. The van der Waals surface area contributed by atoms with Crippen molar-refractivity contribution in [1.82, 2.24) is 9.88 Å². The van der Waals surface area contributed by atoms with E-state index in [1.165, 1.54) is 15.2 Å². The molecule has 1 fully saturated rings.